The number of likely N-dealkylation sites (N-methyl/N-ethyl adjacent to an activating group) is 1. The number of aryl methyl sites for hydroxylation is 1. The molecule has 1 aromatic carbocycles. The molecule has 9 heteroatoms. The predicted molar refractivity (Wildman–Crippen MR) is 140 cm³/mol. The van der Waals surface area contributed by atoms with Crippen LogP contribution >= 0.6 is 0 Å². The highest BCUT2D eigenvalue weighted by molar-refractivity contribution is 5.94. The molecule has 0 spiro atoms. The molecule has 9 nitrogen and oxygen atoms in total. The number of rotatable bonds is 8. The molecule has 34 heavy (non-hydrogen) atoms. The third kappa shape index (κ3) is 5.93. The minimum absolute atomic E-state index is 0.200. The van der Waals surface area contributed by atoms with E-state index in [1.165, 1.54) is 0 Å². The van der Waals surface area contributed by atoms with Gasteiger partial charge < -0.3 is 24.8 Å². The Morgan fingerprint density at radius 3 is 2.82 bits per heavy atom. The molecule has 0 saturated carbocycles. The topological polar surface area (TPSA) is 96.9 Å². The van der Waals surface area contributed by atoms with Crippen molar-refractivity contribution in [2.24, 2.45) is 9.98 Å². The van der Waals surface area contributed by atoms with Gasteiger partial charge in [-0.1, -0.05) is 6.08 Å². The zero-order valence-electron chi connectivity index (χ0n) is 20.0. The van der Waals surface area contributed by atoms with Crippen molar-refractivity contribution in [1.29, 1.82) is 0 Å². The summed E-state index contributed by atoms with van der Waals surface area (Å²) in [7, 11) is 2.13. The van der Waals surface area contributed by atoms with Crippen LogP contribution in [0.15, 0.2) is 58.3 Å². The van der Waals surface area contributed by atoms with Gasteiger partial charge in [0.25, 0.3) is 0 Å². The molecule has 0 aliphatic carbocycles. The fourth-order valence-electron chi connectivity index (χ4n) is 3.83. The van der Waals surface area contributed by atoms with Gasteiger partial charge in [-0.3, -0.25) is 5.10 Å². The van der Waals surface area contributed by atoms with E-state index in [1.54, 1.807) is 0 Å². The van der Waals surface area contributed by atoms with Gasteiger partial charge in [-0.2, -0.15) is 5.10 Å². The molecule has 4 rings (SSSR count). The number of hydrogen-bond acceptors (Lipinski definition) is 6. The fraction of sp³-hybridized carbons (Fsp3) is 0.320. The molecule has 2 aromatic heterocycles. The molecule has 1 fully saturated rings. The number of anilines is 1. The minimum atomic E-state index is 0.200. The number of aliphatic imine (C=N–C) groups is 2. The van der Waals surface area contributed by atoms with Crippen LogP contribution < -0.4 is 10.1 Å². The first-order valence-electron chi connectivity index (χ1n) is 11.4. The van der Waals surface area contributed by atoms with E-state index < -0.39 is 0 Å². The van der Waals surface area contributed by atoms with E-state index in [-0.39, 0.29) is 6.73 Å². The fourth-order valence-corrected chi connectivity index (χ4v) is 3.83. The van der Waals surface area contributed by atoms with Gasteiger partial charge >= 0.3 is 0 Å². The summed E-state index contributed by atoms with van der Waals surface area (Å²) in [6.07, 6.45) is 5.79. The van der Waals surface area contributed by atoms with Crippen molar-refractivity contribution in [2.75, 3.05) is 45.3 Å². The van der Waals surface area contributed by atoms with Gasteiger partial charge in [0.1, 0.15) is 17.4 Å². The third-order valence-corrected chi connectivity index (χ3v) is 5.65. The highest BCUT2D eigenvalue weighted by atomic mass is 16.5. The molecule has 0 amide bonds. The maximum atomic E-state index is 5.97. The van der Waals surface area contributed by atoms with Crippen molar-refractivity contribution >= 4 is 35.3 Å². The Hall–Kier alpha value is -3.85. The van der Waals surface area contributed by atoms with Crippen LogP contribution in [0.1, 0.15) is 18.3 Å². The summed E-state index contributed by atoms with van der Waals surface area (Å²) in [6, 6.07) is 10.0. The minimum Gasteiger partial charge on any atom is -0.471 e. The Bertz CT molecular complexity index is 1210. The lowest BCUT2D eigenvalue weighted by molar-refractivity contribution is 0.214. The first-order chi connectivity index (χ1) is 16.5. The molecular weight excluding hydrogens is 428 g/mol. The first kappa shape index (κ1) is 23.3. The maximum absolute atomic E-state index is 5.97. The zero-order chi connectivity index (χ0) is 23.9. The monoisotopic (exact) mass is 460 g/mol. The van der Waals surface area contributed by atoms with Gasteiger partial charge in [0.2, 0.25) is 0 Å². The number of hydrogen-bond donors (Lipinski definition) is 3. The summed E-state index contributed by atoms with van der Waals surface area (Å²) in [6.45, 7) is 11.6. The Kier molecular flexibility index (Phi) is 7.44. The van der Waals surface area contributed by atoms with Gasteiger partial charge in [0, 0.05) is 54.9 Å². The van der Waals surface area contributed by atoms with Crippen molar-refractivity contribution in [3.63, 3.8) is 0 Å². The number of piperazine rings is 1. The number of ether oxygens (including phenoxy) is 1. The molecule has 1 aliphatic rings. The summed E-state index contributed by atoms with van der Waals surface area (Å²) in [5.74, 6) is 2.81. The number of aromatic nitrogens is 3. The number of benzene rings is 1. The van der Waals surface area contributed by atoms with Crippen LogP contribution in [0.2, 0.25) is 0 Å². The standard InChI is InChI=1S/C25H32N8O/c1-5-6-20-15-24(31-30-20)29-23(26-3)16-25(33-11-9-32(4)10-12-33)27-17-34-21-7-8-22-19(14-21)13-18(2)28-22/h5-8,13-16,28H,3,9-12,17H2,1-2,4H3,(H2,29,30,31)/b6-5+,23-16+,27-25+. The highest BCUT2D eigenvalue weighted by Gasteiger charge is 2.17. The molecule has 3 heterocycles. The average Bonchev–Trinajstić information content (AvgIpc) is 3.43. The average molecular weight is 461 g/mol. The largest absolute Gasteiger partial charge is 0.471 e. The Labute approximate surface area is 199 Å². The van der Waals surface area contributed by atoms with Crippen molar-refractivity contribution in [1.82, 2.24) is 25.0 Å². The van der Waals surface area contributed by atoms with E-state index in [2.05, 4.69) is 55.1 Å². The summed E-state index contributed by atoms with van der Waals surface area (Å²) in [4.78, 5) is 16.8. The normalized spacial score (nSPS) is 15.9. The van der Waals surface area contributed by atoms with Crippen LogP contribution in [-0.2, 0) is 0 Å². The second kappa shape index (κ2) is 10.8. The molecule has 1 saturated heterocycles. The summed E-state index contributed by atoms with van der Waals surface area (Å²) < 4.78 is 5.97. The lowest BCUT2D eigenvalue weighted by Gasteiger charge is -2.33. The summed E-state index contributed by atoms with van der Waals surface area (Å²) >= 11 is 0. The van der Waals surface area contributed by atoms with Gasteiger partial charge in [-0.15, -0.1) is 0 Å². The van der Waals surface area contributed by atoms with E-state index in [0.717, 1.165) is 60.1 Å². The Morgan fingerprint density at radius 2 is 2.06 bits per heavy atom. The number of H-pyrrole nitrogens is 2. The highest BCUT2D eigenvalue weighted by Crippen LogP contribution is 2.21. The van der Waals surface area contributed by atoms with Crippen LogP contribution in [0, 0.1) is 6.92 Å². The number of nitrogens with one attached hydrogen (secondary N) is 3. The molecular formula is C25H32N8O. The van der Waals surface area contributed by atoms with E-state index in [9.17, 15) is 0 Å². The zero-order valence-corrected chi connectivity index (χ0v) is 20.0. The van der Waals surface area contributed by atoms with Crippen LogP contribution in [0.5, 0.6) is 5.75 Å². The molecule has 0 atom stereocenters. The maximum Gasteiger partial charge on any atom is 0.181 e. The number of nitrogens with zero attached hydrogens (tertiary/aromatic N) is 5. The SMILES string of the molecule is C=N/C(=C\C(=N/COc1ccc2[nH]c(C)cc2c1)N1CCN(C)CC1)Nc1cc(/C=C/C)[nH]n1. The molecule has 0 bridgehead atoms. The van der Waals surface area contributed by atoms with E-state index in [4.69, 9.17) is 9.73 Å². The van der Waals surface area contributed by atoms with Gasteiger partial charge in [-0.25, -0.2) is 9.98 Å². The summed E-state index contributed by atoms with van der Waals surface area (Å²) in [5, 5.41) is 11.6. The lowest BCUT2D eigenvalue weighted by Crippen LogP contribution is -2.47. The lowest BCUT2D eigenvalue weighted by atomic mass is 10.2. The number of fused-ring (bicyclic) bond motifs is 1. The number of allylic oxidation sites excluding steroid dienone is 1. The second-order valence-electron chi connectivity index (χ2n) is 8.30. The summed E-state index contributed by atoms with van der Waals surface area (Å²) in [5.41, 5.74) is 3.13. The van der Waals surface area contributed by atoms with Crippen LogP contribution in [0.25, 0.3) is 17.0 Å². The predicted octanol–water partition coefficient (Wildman–Crippen LogP) is 3.87. The Morgan fingerprint density at radius 1 is 1.24 bits per heavy atom. The molecule has 0 unspecified atom stereocenters. The third-order valence-electron chi connectivity index (χ3n) is 5.65. The molecule has 3 N–H and O–H groups in total. The van der Waals surface area contributed by atoms with Crippen LogP contribution in [-0.4, -0.2) is 77.5 Å². The molecule has 3 aromatic rings. The molecule has 0 radical (unpaired) electrons. The van der Waals surface area contributed by atoms with Crippen LogP contribution in [0.3, 0.4) is 0 Å². The van der Waals surface area contributed by atoms with Crippen molar-refractivity contribution in [2.45, 2.75) is 13.8 Å². The van der Waals surface area contributed by atoms with Gasteiger partial charge in [0.15, 0.2) is 12.5 Å². The quantitative estimate of drug-likeness (QED) is 0.350. The van der Waals surface area contributed by atoms with Gasteiger partial charge in [-0.05, 0) is 58.0 Å². The van der Waals surface area contributed by atoms with Gasteiger partial charge in [0.05, 0.1) is 5.69 Å². The van der Waals surface area contributed by atoms with E-state index >= 15 is 0 Å². The van der Waals surface area contributed by atoms with Crippen molar-refractivity contribution in [3.05, 3.63) is 59.7 Å². The van der Waals surface area contributed by atoms with Crippen molar-refractivity contribution < 1.29 is 4.74 Å². The van der Waals surface area contributed by atoms with Crippen molar-refractivity contribution in [3.8, 4) is 5.75 Å². The van der Waals surface area contributed by atoms with Crippen LogP contribution in [0.4, 0.5) is 5.82 Å². The molecule has 1 aliphatic heterocycles. The van der Waals surface area contributed by atoms with E-state index in [1.807, 2.05) is 56.3 Å². The molecule has 178 valence electrons. The second-order valence-corrected chi connectivity index (χ2v) is 8.30. The number of amidine groups is 1. The Balaban J connectivity index is 1.51. The van der Waals surface area contributed by atoms with E-state index in [0.29, 0.717) is 11.6 Å². The first-order valence-corrected chi connectivity index (χ1v) is 11.4. The smallest absolute Gasteiger partial charge is 0.181 e. The number of aromatic amines is 2.